The molecule has 0 unspecified atom stereocenters. The second-order valence-electron chi connectivity index (χ2n) is 6.88. The van der Waals surface area contributed by atoms with Gasteiger partial charge in [0.05, 0.1) is 10.9 Å². The fourth-order valence-corrected chi connectivity index (χ4v) is 3.68. The van der Waals surface area contributed by atoms with E-state index < -0.39 is 11.2 Å². The molecular weight excluding hydrogens is 356 g/mol. The molecule has 0 spiro atoms. The molecule has 1 amide bonds. The molecule has 144 valence electrons. The predicted octanol–water partition coefficient (Wildman–Crippen LogP) is 1.43. The monoisotopic (exact) mass is 378 g/mol. The highest BCUT2D eigenvalue weighted by molar-refractivity contribution is 5.79. The zero-order valence-electron chi connectivity index (χ0n) is 15.5. The number of carbonyl (C=O) groups is 1. The van der Waals surface area contributed by atoms with Crippen molar-refractivity contribution < 1.29 is 4.79 Å². The number of para-hydroxylation sites is 2. The van der Waals surface area contributed by atoms with Crippen molar-refractivity contribution in [1.29, 1.82) is 0 Å². The van der Waals surface area contributed by atoms with Gasteiger partial charge in [-0.25, -0.2) is 4.79 Å². The number of benzene rings is 2. The van der Waals surface area contributed by atoms with Crippen LogP contribution in [-0.2, 0) is 11.3 Å². The molecule has 1 aromatic heterocycles. The maximum atomic E-state index is 12.6. The van der Waals surface area contributed by atoms with Crippen molar-refractivity contribution in [3.8, 4) is 0 Å². The van der Waals surface area contributed by atoms with Crippen LogP contribution in [0.1, 0.15) is 6.42 Å². The molecule has 1 N–H and O–H groups in total. The van der Waals surface area contributed by atoms with Crippen LogP contribution in [0.5, 0.6) is 0 Å². The summed E-state index contributed by atoms with van der Waals surface area (Å²) in [5.74, 6) is 0.0230. The second-order valence-corrected chi connectivity index (χ2v) is 6.88. The Morgan fingerprint density at radius 2 is 1.57 bits per heavy atom. The van der Waals surface area contributed by atoms with E-state index in [1.165, 1.54) is 10.3 Å². The van der Waals surface area contributed by atoms with E-state index in [4.69, 9.17) is 0 Å². The van der Waals surface area contributed by atoms with E-state index in [9.17, 15) is 14.4 Å². The minimum Gasteiger partial charge on any atom is -0.368 e. The van der Waals surface area contributed by atoms with Crippen LogP contribution in [0.2, 0.25) is 0 Å². The number of hydrogen-bond acceptors (Lipinski definition) is 4. The van der Waals surface area contributed by atoms with E-state index >= 15 is 0 Å². The summed E-state index contributed by atoms with van der Waals surface area (Å²) in [7, 11) is 0. The molecule has 0 aliphatic carbocycles. The number of anilines is 1. The van der Waals surface area contributed by atoms with Gasteiger partial charge in [0.2, 0.25) is 5.91 Å². The second kappa shape index (κ2) is 7.72. The van der Waals surface area contributed by atoms with Crippen LogP contribution >= 0.6 is 0 Å². The molecule has 1 aliphatic heterocycles. The molecule has 2 aromatic carbocycles. The number of aromatic amines is 1. The van der Waals surface area contributed by atoms with Gasteiger partial charge in [-0.1, -0.05) is 30.3 Å². The standard InChI is InChI=1S/C21H22N4O3/c26-19(24-14-12-23(13-15-24)16-6-2-1-3-7-16)10-11-25-18-9-5-4-8-17(18)20(27)22-21(25)28/h1-9H,10-15H2,(H,22,27,28). The third-order valence-corrected chi connectivity index (χ3v) is 5.21. The maximum Gasteiger partial charge on any atom is 0.328 e. The molecule has 2 heterocycles. The molecule has 28 heavy (non-hydrogen) atoms. The first-order valence-corrected chi connectivity index (χ1v) is 9.43. The van der Waals surface area contributed by atoms with Crippen molar-refractivity contribution in [2.24, 2.45) is 0 Å². The minimum absolute atomic E-state index is 0.0230. The normalized spacial score (nSPS) is 14.4. The Kier molecular flexibility index (Phi) is 4.97. The zero-order chi connectivity index (χ0) is 19.5. The number of fused-ring (bicyclic) bond motifs is 1. The number of nitrogens with zero attached hydrogens (tertiary/aromatic N) is 3. The van der Waals surface area contributed by atoms with Crippen molar-refractivity contribution in [1.82, 2.24) is 14.5 Å². The molecule has 0 saturated carbocycles. The maximum absolute atomic E-state index is 12.6. The van der Waals surface area contributed by atoms with Gasteiger partial charge < -0.3 is 9.80 Å². The number of aromatic nitrogens is 2. The summed E-state index contributed by atoms with van der Waals surface area (Å²) in [6.45, 7) is 3.15. The topological polar surface area (TPSA) is 78.4 Å². The van der Waals surface area contributed by atoms with Crippen LogP contribution in [0.4, 0.5) is 5.69 Å². The lowest BCUT2D eigenvalue weighted by molar-refractivity contribution is -0.131. The first-order chi connectivity index (χ1) is 13.6. The summed E-state index contributed by atoms with van der Waals surface area (Å²) in [4.78, 5) is 43.2. The predicted molar refractivity (Wildman–Crippen MR) is 109 cm³/mol. The number of H-pyrrole nitrogens is 1. The smallest absolute Gasteiger partial charge is 0.328 e. The highest BCUT2D eigenvalue weighted by atomic mass is 16.2. The lowest BCUT2D eigenvalue weighted by Crippen LogP contribution is -2.49. The van der Waals surface area contributed by atoms with Crippen molar-refractivity contribution in [3.63, 3.8) is 0 Å². The van der Waals surface area contributed by atoms with Crippen molar-refractivity contribution in [2.45, 2.75) is 13.0 Å². The van der Waals surface area contributed by atoms with Gasteiger partial charge in [-0.3, -0.25) is 19.1 Å². The van der Waals surface area contributed by atoms with Crippen LogP contribution in [-0.4, -0.2) is 46.5 Å². The minimum atomic E-state index is -0.481. The van der Waals surface area contributed by atoms with Crippen molar-refractivity contribution >= 4 is 22.5 Å². The SMILES string of the molecule is O=C(CCn1c(=O)[nH]c(=O)c2ccccc21)N1CCN(c2ccccc2)CC1. The molecule has 3 aromatic rings. The van der Waals surface area contributed by atoms with Gasteiger partial charge in [0, 0.05) is 44.8 Å². The van der Waals surface area contributed by atoms with Gasteiger partial charge in [0.1, 0.15) is 0 Å². The molecule has 4 rings (SSSR count). The van der Waals surface area contributed by atoms with Crippen molar-refractivity contribution in [2.75, 3.05) is 31.1 Å². The summed E-state index contributed by atoms with van der Waals surface area (Å²) in [6.07, 6.45) is 0.223. The van der Waals surface area contributed by atoms with Gasteiger partial charge in [-0.2, -0.15) is 0 Å². The number of rotatable bonds is 4. The Hall–Kier alpha value is -3.35. The number of piperazine rings is 1. The third-order valence-electron chi connectivity index (χ3n) is 5.21. The Bertz CT molecular complexity index is 1100. The average Bonchev–Trinajstić information content (AvgIpc) is 2.74. The number of aryl methyl sites for hydroxylation is 1. The molecule has 0 atom stereocenters. The van der Waals surface area contributed by atoms with E-state index in [1.807, 2.05) is 23.1 Å². The van der Waals surface area contributed by atoms with E-state index in [1.54, 1.807) is 24.3 Å². The van der Waals surface area contributed by atoms with E-state index in [0.29, 0.717) is 24.0 Å². The van der Waals surface area contributed by atoms with Crippen LogP contribution in [0.25, 0.3) is 10.9 Å². The molecule has 0 bridgehead atoms. The van der Waals surface area contributed by atoms with Gasteiger partial charge in [-0.05, 0) is 24.3 Å². The zero-order valence-corrected chi connectivity index (χ0v) is 15.5. The highest BCUT2D eigenvalue weighted by Crippen LogP contribution is 2.16. The summed E-state index contributed by atoms with van der Waals surface area (Å²) in [5.41, 5.74) is 0.837. The van der Waals surface area contributed by atoms with E-state index in [-0.39, 0.29) is 18.9 Å². The lowest BCUT2D eigenvalue weighted by atomic mass is 10.2. The van der Waals surface area contributed by atoms with E-state index in [0.717, 1.165) is 13.1 Å². The van der Waals surface area contributed by atoms with Gasteiger partial charge in [0.25, 0.3) is 5.56 Å². The van der Waals surface area contributed by atoms with E-state index in [2.05, 4.69) is 22.0 Å². The molecule has 1 fully saturated rings. The van der Waals surface area contributed by atoms with Crippen molar-refractivity contribution in [3.05, 3.63) is 75.4 Å². The number of carbonyl (C=O) groups excluding carboxylic acids is 1. The van der Waals surface area contributed by atoms with Crippen LogP contribution in [0, 0.1) is 0 Å². The first kappa shape index (κ1) is 18.0. The average molecular weight is 378 g/mol. The fourth-order valence-electron chi connectivity index (χ4n) is 3.68. The summed E-state index contributed by atoms with van der Waals surface area (Å²) >= 11 is 0. The summed E-state index contributed by atoms with van der Waals surface area (Å²) in [5, 5.41) is 0.450. The molecular formula is C21H22N4O3. The number of amides is 1. The number of nitrogens with one attached hydrogen (secondary N) is 1. The van der Waals surface area contributed by atoms with Crippen LogP contribution in [0.3, 0.4) is 0 Å². The molecule has 1 aliphatic rings. The molecule has 1 saturated heterocycles. The largest absolute Gasteiger partial charge is 0.368 e. The Labute approximate surface area is 161 Å². The summed E-state index contributed by atoms with van der Waals surface area (Å²) < 4.78 is 1.47. The Morgan fingerprint density at radius 3 is 2.32 bits per heavy atom. The summed E-state index contributed by atoms with van der Waals surface area (Å²) in [6, 6.07) is 17.1. The van der Waals surface area contributed by atoms with Gasteiger partial charge in [-0.15, -0.1) is 0 Å². The number of hydrogen-bond donors (Lipinski definition) is 1. The Balaban J connectivity index is 1.41. The van der Waals surface area contributed by atoms with Crippen LogP contribution in [0.15, 0.2) is 64.2 Å². The van der Waals surface area contributed by atoms with Crippen LogP contribution < -0.4 is 16.1 Å². The molecule has 7 heteroatoms. The highest BCUT2D eigenvalue weighted by Gasteiger charge is 2.21. The van der Waals surface area contributed by atoms with Gasteiger partial charge in [0.15, 0.2) is 0 Å². The fraction of sp³-hybridized carbons (Fsp3) is 0.286. The molecule has 0 radical (unpaired) electrons. The lowest BCUT2D eigenvalue weighted by Gasteiger charge is -2.36. The third kappa shape index (κ3) is 3.55. The Morgan fingerprint density at radius 1 is 0.893 bits per heavy atom. The quantitative estimate of drug-likeness (QED) is 0.745. The molecule has 7 nitrogen and oxygen atoms in total. The van der Waals surface area contributed by atoms with Gasteiger partial charge >= 0.3 is 5.69 Å². The first-order valence-electron chi connectivity index (χ1n) is 9.43.